The number of ether oxygens (including phenoxy) is 1. The highest BCUT2D eigenvalue weighted by molar-refractivity contribution is 6.31. The second-order valence-electron chi connectivity index (χ2n) is 7.11. The lowest BCUT2D eigenvalue weighted by molar-refractivity contribution is 0.000496. The highest BCUT2D eigenvalue weighted by atomic mass is 35.5. The Labute approximate surface area is 181 Å². The van der Waals surface area contributed by atoms with Crippen LogP contribution in [0.4, 0.5) is 0 Å². The van der Waals surface area contributed by atoms with Crippen LogP contribution in [-0.2, 0) is 16.1 Å². The Kier molecular flexibility index (Phi) is 8.33. The molecule has 2 aromatic rings. The maximum Gasteiger partial charge on any atom is 0.145 e. The van der Waals surface area contributed by atoms with Crippen LogP contribution < -0.4 is 0 Å². The van der Waals surface area contributed by atoms with Gasteiger partial charge in [0.05, 0.1) is 18.4 Å². The molecular formula is C22H26Cl2N2O3. The van der Waals surface area contributed by atoms with Crippen LogP contribution in [-0.4, -0.2) is 54.2 Å². The summed E-state index contributed by atoms with van der Waals surface area (Å²) in [4.78, 5) is 7.83. The third kappa shape index (κ3) is 6.98. The smallest absolute Gasteiger partial charge is 0.145 e. The fourth-order valence-electron chi connectivity index (χ4n) is 3.33. The highest BCUT2D eigenvalue weighted by Gasteiger charge is 2.25. The van der Waals surface area contributed by atoms with Crippen molar-refractivity contribution >= 4 is 28.9 Å². The molecule has 0 fully saturated rings. The van der Waals surface area contributed by atoms with Crippen LogP contribution in [0, 0.1) is 0 Å². The monoisotopic (exact) mass is 436 g/mol. The number of hydrogen-bond donors (Lipinski definition) is 1. The van der Waals surface area contributed by atoms with E-state index in [0.717, 1.165) is 16.8 Å². The van der Waals surface area contributed by atoms with Gasteiger partial charge in [-0.1, -0.05) is 52.6 Å². The lowest BCUT2D eigenvalue weighted by atomic mass is 10.0. The molecule has 0 spiro atoms. The van der Waals surface area contributed by atoms with Crippen LogP contribution in [0.2, 0.25) is 10.0 Å². The molecule has 2 atom stereocenters. The Morgan fingerprint density at radius 2 is 2.00 bits per heavy atom. The van der Waals surface area contributed by atoms with Gasteiger partial charge in [-0.3, -0.25) is 4.90 Å². The molecule has 5 nitrogen and oxygen atoms in total. The second-order valence-corrected chi connectivity index (χ2v) is 7.99. The molecular weight excluding hydrogens is 411 g/mol. The van der Waals surface area contributed by atoms with Gasteiger partial charge in [-0.25, -0.2) is 0 Å². The molecule has 1 heterocycles. The van der Waals surface area contributed by atoms with Crippen molar-refractivity contribution in [1.82, 2.24) is 4.90 Å². The number of aliphatic hydroxyl groups is 1. The quantitative estimate of drug-likeness (QED) is 0.599. The van der Waals surface area contributed by atoms with E-state index >= 15 is 0 Å². The number of hydrogen-bond acceptors (Lipinski definition) is 5. The van der Waals surface area contributed by atoms with Crippen LogP contribution in [0.25, 0.3) is 0 Å². The van der Waals surface area contributed by atoms with Gasteiger partial charge in [0.15, 0.2) is 0 Å². The molecule has 29 heavy (non-hydrogen) atoms. The summed E-state index contributed by atoms with van der Waals surface area (Å²) in [6, 6.07) is 15.3. The lowest BCUT2D eigenvalue weighted by Crippen LogP contribution is -2.39. The molecule has 0 bridgehead atoms. The van der Waals surface area contributed by atoms with Gasteiger partial charge in [-0.05, 0) is 42.3 Å². The average molecular weight is 437 g/mol. The molecule has 2 aromatic carbocycles. The fourth-order valence-corrected chi connectivity index (χ4v) is 3.67. The van der Waals surface area contributed by atoms with E-state index in [9.17, 15) is 5.11 Å². The normalized spacial score (nSPS) is 17.3. The average Bonchev–Trinajstić information content (AvgIpc) is 3.15. The first-order valence-electron chi connectivity index (χ1n) is 9.74. The Bertz CT molecular complexity index is 814. The largest absolute Gasteiger partial charge is 0.390 e. The number of oxime groups is 1. The van der Waals surface area contributed by atoms with Crippen molar-refractivity contribution in [3.63, 3.8) is 0 Å². The minimum absolute atomic E-state index is 0.0841. The minimum Gasteiger partial charge on any atom is -0.390 e. The topological polar surface area (TPSA) is 54.3 Å². The summed E-state index contributed by atoms with van der Waals surface area (Å²) in [7, 11) is 0. The molecule has 3 rings (SSSR count). The molecule has 0 unspecified atom stereocenters. The van der Waals surface area contributed by atoms with Crippen molar-refractivity contribution in [3.05, 3.63) is 69.7 Å². The van der Waals surface area contributed by atoms with Crippen LogP contribution >= 0.6 is 23.2 Å². The number of benzene rings is 2. The molecule has 0 saturated carbocycles. The second kappa shape index (κ2) is 11.0. The predicted octanol–water partition coefficient (Wildman–Crippen LogP) is 4.39. The van der Waals surface area contributed by atoms with Gasteiger partial charge in [-0.15, -0.1) is 0 Å². The van der Waals surface area contributed by atoms with Crippen LogP contribution in [0.15, 0.2) is 53.7 Å². The van der Waals surface area contributed by atoms with Crippen LogP contribution in [0.1, 0.15) is 24.5 Å². The SMILES string of the molecule is CCOC[C@@H](O)CN(Cc1cccc(Cl)c1)C[C@@H]1CC(c2ccc(Cl)cc2)=NO1. The molecule has 1 aliphatic rings. The van der Waals surface area contributed by atoms with Crippen molar-refractivity contribution in [3.8, 4) is 0 Å². The summed E-state index contributed by atoms with van der Waals surface area (Å²) in [5, 5.41) is 16.0. The molecule has 0 amide bonds. The molecule has 1 aliphatic heterocycles. The molecule has 1 N–H and O–H groups in total. The van der Waals surface area contributed by atoms with Gasteiger partial charge in [0, 0.05) is 42.7 Å². The van der Waals surface area contributed by atoms with Crippen molar-refractivity contribution in [2.24, 2.45) is 5.16 Å². The summed E-state index contributed by atoms with van der Waals surface area (Å²) in [6.45, 7) is 4.56. The van der Waals surface area contributed by atoms with Gasteiger partial charge in [-0.2, -0.15) is 0 Å². The van der Waals surface area contributed by atoms with E-state index < -0.39 is 6.10 Å². The maximum absolute atomic E-state index is 10.3. The van der Waals surface area contributed by atoms with Crippen molar-refractivity contribution in [2.45, 2.75) is 32.1 Å². The Balaban J connectivity index is 1.62. The summed E-state index contributed by atoms with van der Waals surface area (Å²) in [5.41, 5.74) is 3.00. The predicted molar refractivity (Wildman–Crippen MR) is 117 cm³/mol. The van der Waals surface area contributed by atoms with Crippen molar-refractivity contribution in [2.75, 3.05) is 26.3 Å². The molecule has 0 saturated heterocycles. The standard InChI is InChI=1S/C22H26Cl2N2O3/c1-2-28-15-20(27)13-26(12-16-4-3-5-19(24)10-16)14-21-11-22(25-29-21)17-6-8-18(23)9-7-17/h3-10,20-21,27H,2,11-15H2,1H3/t20-,21-/m0/s1. The Morgan fingerprint density at radius 3 is 2.72 bits per heavy atom. The number of halogens is 2. The van der Waals surface area contributed by atoms with E-state index in [1.165, 1.54) is 0 Å². The first-order chi connectivity index (χ1) is 14.0. The fraction of sp³-hybridized carbons (Fsp3) is 0.409. The Morgan fingerprint density at radius 1 is 1.21 bits per heavy atom. The number of nitrogens with zero attached hydrogens (tertiary/aromatic N) is 2. The third-order valence-corrected chi connectivity index (χ3v) is 5.14. The van der Waals surface area contributed by atoms with Gasteiger partial charge in [0.2, 0.25) is 0 Å². The molecule has 0 aromatic heterocycles. The maximum atomic E-state index is 10.3. The zero-order chi connectivity index (χ0) is 20.6. The Hall–Kier alpha value is -1.63. The number of aliphatic hydroxyl groups excluding tert-OH is 1. The number of rotatable bonds is 10. The van der Waals surface area contributed by atoms with E-state index in [0.29, 0.717) is 49.3 Å². The van der Waals surface area contributed by atoms with Crippen molar-refractivity contribution in [1.29, 1.82) is 0 Å². The van der Waals surface area contributed by atoms with Gasteiger partial charge >= 0.3 is 0 Å². The van der Waals surface area contributed by atoms with Gasteiger partial charge in [0.25, 0.3) is 0 Å². The minimum atomic E-state index is -0.577. The van der Waals surface area contributed by atoms with Gasteiger partial charge in [0.1, 0.15) is 6.10 Å². The van der Waals surface area contributed by atoms with E-state index in [1.54, 1.807) is 0 Å². The molecule has 7 heteroatoms. The third-order valence-electron chi connectivity index (χ3n) is 4.65. The van der Waals surface area contributed by atoms with Crippen molar-refractivity contribution < 1.29 is 14.7 Å². The van der Waals surface area contributed by atoms with E-state index in [2.05, 4.69) is 10.1 Å². The zero-order valence-corrected chi connectivity index (χ0v) is 17.9. The molecule has 156 valence electrons. The molecule has 0 aliphatic carbocycles. The van der Waals surface area contributed by atoms with Crippen LogP contribution in [0.5, 0.6) is 0 Å². The highest BCUT2D eigenvalue weighted by Crippen LogP contribution is 2.21. The zero-order valence-electron chi connectivity index (χ0n) is 16.4. The van der Waals surface area contributed by atoms with E-state index in [1.807, 2.05) is 55.5 Å². The summed E-state index contributed by atoms with van der Waals surface area (Å²) in [6.07, 6.45) is 0.0428. The first kappa shape index (κ1) is 22.1. The van der Waals surface area contributed by atoms with Crippen LogP contribution in [0.3, 0.4) is 0 Å². The van der Waals surface area contributed by atoms with E-state index in [-0.39, 0.29) is 6.10 Å². The lowest BCUT2D eigenvalue weighted by Gasteiger charge is -2.27. The molecule has 0 radical (unpaired) electrons. The van der Waals surface area contributed by atoms with E-state index in [4.69, 9.17) is 32.8 Å². The first-order valence-corrected chi connectivity index (χ1v) is 10.5. The summed E-state index contributed by atoms with van der Waals surface area (Å²) >= 11 is 12.1. The summed E-state index contributed by atoms with van der Waals surface area (Å²) < 4.78 is 5.36. The summed E-state index contributed by atoms with van der Waals surface area (Å²) in [5.74, 6) is 0. The van der Waals surface area contributed by atoms with Gasteiger partial charge < -0.3 is 14.7 Å².